The number of halogens is 1. The minimum Gasteiger partial charge on any atom is -0.382 e. The molecule has 0 saturated carbocycles. The zero-order valence-electron chi connectivity index (χ0n) is 10.8. The number of carbonyl (C=O) groups is 1. The molecule has 0 unspecified atom stereocenters. The number of fused-ring (bicyclic) bond motifs is 1. The fraction of sp³-hybridized carbons (Fsp3) is 0. The van der Waals surface area contributed by atoms with E-state index in [1.165, 1.54) is 0 Å². The van der Waals surface area contributed by atoms with Gasteiger partial charge in [0.15, 0.2) is 11.5 Å². The Labute approximate surface area is 123 Å². The first-order valence-corrected chi connectivity index (χ1v) is 7.32. The van der Waals surface area contributed by atoms with Gasteiger partial charge in [0.25, 0.3) is 5.16 Å². The Kier molecular flexibility index (Phi) is 3.10. The molecule has 10 heteroatoms. The van der Waals surface area contributed by atoms with Crippen molar-refractivity contribution in [3.63, 3.8) is 0 Å². The van der Waals surface area contributed by atoms with Crippen molar-refractivity contribution in [1.29, 1.82) is 0 Å². The summed E-state index contributed by atoms with van der Waals surface area (Å²) in [6, 6.07) is 8.19. The lowest BCUT2D eigenvalue weighted by atomic mass is 10.1. The number of aromatic nitrogens is 4. The molecular weight excluding hydrogens is 313 g/mol. The summed E-state index contributed by atoms with van der Waals surface area (Å²) < 4.78 is 34.6. The van der Waals surface area contributed by atoms with Crippen LogP contribution in [0.3, 0.4) is 0 Å². The number of carbonyl (C=O) groups excluding carboxylic acids is 1. The summed E-state index contributed by atoms with van der Waals surface area (Å²) in [5.74, 6) is -0.973. The molecule has 3 rings (SSSR count). The van der Waals surface area contributed by atoms with Crippen molar-refractivity contribution in [2.45, 2.75) is 5.16 Å². The maximum Gasteiger partial charge on any atom is 0.366 e. The van der Waals surface area contributed by atoms with Gasteiger partial charge in [-0.2, -0.15) is 13.4 Å². The monoisotopic (exact) mass is 321 g/mol. The Morgan fingerprint density at radius 3 is 2.45 bits per heavy atom. The van der Waals surface area contributed by atoms with E-state index in [2.05, 4.69) is 19.9 Å². The number of nitrogens with two attached hydrogens (primary N) is 1. The number of hydrogen-bond acceptors (Lipinski definition) is 7. The van der Waals surface area contributed by atoms with Crippen molar-refractivity contribution in [2.75, 3.05) is 5.73 Å². The van der Waals surface area contributed by atoms with Crippen molar-refractivity contribution in [3.05, 3.63) is 41.7 Å². The SMILES string of the molecule is Nc1nc(C(=O)c2ccccc2)nc2nc(S(=O)(=O)F)[nH]c12. The van der Waals surface area contributed by atoms with Crippen molar-refractivity contribution in [1.82, 2.24) is 19.9 Å². The van der Waals surface area contributed by atoms with Gasteiger partial charge < -0.3 is 10.7 Å². The van der Waals surface area contributed by atoms with E-state index < -0.39 is 21.2 Å². The van der Waals surface area contributed by atoms with Crippen LogP contribution in [0, 0.1) is 0 Å². The summed E-state index contributed by atoms with van der Waals surface area (Å²) in [6.45, 7) is 0. The second-order valence-corrected chi connectivity index (χ2v) is 5.57. The van der Waals surface area contributed by atoms with Gasteiger partial charge in [-0.25, -0.2) is 9.97 Å². The molecule has 0 radical (unpaired) electrons. The highest BCUT2D eigenvalue weighted by Crippen LogP contribution is 2.19. The minimum absolute atomic E-state index is 0.0548. The van der Waals surface area contributed by atoms with Crippen LogP contribution in [0.5, 0.6) is 0 Å². The average Bonchev–Trinajstić information content (AvgIpc) is 2.92. The molecule has 0 saturated heterocycles. The Morgan fingerprint density at radius 1 is 1.14 bits per heavy atom. The topological polar surface area (TPSA) is 132 Å². The lowest BCUT2D eigenvalue weighted by molar-refractivity contribution is 0.103. The molecule has 0 fully saturated rings. The number of nitrogens with one attached hydrogen (secondary N) is 1. The van der Waals surface area contributed by atoms with Gasteiger partial charge in [-0.3, -0.25) is 4.79 Å². The summed E-state index contributed by atoms with van der Waals surface area (Å²) in [7, 11) is -5.04. The number of aromatic amines is 1. The van der Waals surface area contributed by atoms with Gasteiger partial charge in [0, 0.05) is 5.56 Å². The average molecular weight is 321 g/mol. The number of imidazole rings is 1. The zero-order chi connectivity index (χ0) is 15.9. The molecule has 3 aromatic rings. The van der Waals surface area contributed by atoms with Gasteiger partial charge in [0.2, 0.25) is 11.6 Å². The van der Waals surface area contributed by atoms with Gasteiger partial charge in [-0.1, -0.05) is 34.2 Å². The van der Waals surface area contributed by atoms with Crippen LogP contribution in [0.4, 0.5) is 9.70 Å². The standard InChI is InChI=1S/C12H8FN5O3S/c13-22(20,21)12-15-7-9(14)16-11(17-10(7)18-12)8(19)6-4-2-1-3-5-6/h1-5H,(H3,14,15,16,17,18). The fourth-order valence-electron chi connectivity index (χ4n) is 1.83. The summed E-state index contributed by atoms with van der Waals surface area (Å²) in [5.41, 5.74) is 5.71. The highest BCUT2D eigenvalue weighted by molar-refractivity contribution is 7.86. The highest BCUT2D eigenvalue weighted by atomic mass is 32.3. The predicted octanol–water partition coefficient (Wildman–Crippen LogP) is 0.824. The van der Waals surface area contributed by atoms with Crippen molar-refractivity contribution >= 4 is 33.0 Å². The van der Waals surface area contributed by atoms with E-state index in [9.17, 15) is 17.1 Å². The smallest absolute Gasteiger partial charge is 0.366 e. The lowest BCUT2D eigenvalue weighted by Crippen LogP contribution is -2.09. The van der Waals surface area contributed by atoms with Crippen LogP contribution in [0.1, 0.15) is 16.2 Å². The molecule has 22 heavy (non-hydrogen) atoms. The highest BCUT2D eigenvalue weighted by Gasteiger charge is 2.22. The molecule has 0 aliphatic rings. The quantitative estimate of drug-likeness (QED) is 0.539. The largest absolute Gasteiger partial charge is 0.382 e. The van der Waals surface area contributed by atoms with E-state index in [1.807, 2.05) is 0 Å². The number of hydrogen-bond donors (Lipinski definition) is 2. The molecule has 0 amide bonds. The number of benzene rings is 1. The number of rotatable bonds is 3. The maximum atomic E-state index is 12.9. The third kappa shape index (κ3) is 2.39. The molecule has 3 N–H and O–H groups in total. The molecular formula is C12H8FN5O3S. The molecule has 112 valence electrons. The Balaban J connectivity index is 2.15. The van der Waals surface area contributed by atoms with E-state index in [0.29, 0.717) is 5.56 Å². The molecule has 0 aliphatic carbocycles. The summed E-state index contributed by atoms with van der Waals surface area (Å²) in [6.07, 6.45) is 0. The summed E-state index contributed by atoms with van der Waals surface area (Å²) in [5, 5.41) is -0.937. The summed E-state index contributed by atoms with van der Waals surface area (Å²) >= 11 is 0. The maximum absolute atomic E-state index is 12.9. The van der Waals surface area contributed by atoms with Gasteiger partial charge in [0.05, 0.1) is 0 Å². The van der Waals surface area contributed by atoms with Gasteiger partial charge in [-0.05, 0) is 0 Å². The normalized spacial score (nSPS) is 11.7. The zero-order valence-corrected chi connectivity index (χ0v) is 11.6. The predicted molar refractivity (Wildman–Crippen MR) is 74.3 cm³/mol. The van der Waals surface area contributed by atoms with E-state index in [0.717, 1.165) is 0 Å². The molecule has 0 aliphatic heterocycles. The Bertz CT molecular complexity index is 985. The van der Waals surface area contributed by atoms with Crippen LogP contribution < -0.4 is 5.73 Å². The van der Waals surface area contributed by atoms with Crippen LogP contribution >= 0.6 is 0 Å². The van der Waals surface area contributed by atoms with Crippen LogP contribution in [0.2, 0.25) is 0 Å². The Hall–Kier alpha value is -2.88. The third-order valence-electron chi connectivity index (χ3n) is 2.83. The lowest BCUT2D eigenvalue weighted by Gasteiger charge is -2.01. The molecule has 2 aromatic heterocycles. The molecule has 0 atom stereocenters. The molecule has 0 bridgehead atoms. The van der Waals surface area contributed by atoms with E-state index in [-0.39, 0.29) is 22.8 Å². The minimum atomic E-state index is -5.04. The van der Waals surface area contributed by atoms with Crippen LogP contribution in [0.15, 0.2) is 35.5 Å². The van der Waals surface area contributed by atoms with Gasteiger partial charge >= 0.3 is 10.2 Å². The molecule has 8 nitrogen and oxygen atoms in total. The first kappa shape index (κ1) is 14.1. The van der Waals surface area contributed by atoms with Gasteiger partial charge in [-0.15, -0.1) is 0 Å². The first-order valence-electron chi connectivity index (χ1n) is 5.94. The fourth-order valence-corrected chi connectivity index (χ4v) is 2.25. The second-order valence-electron chi connectivity index (χ2n) is 4.31. The van der Waals surface area contributed by atoms with E-state index in [4.69, 9.17) is 5.73 Å². The van der Waals surface area contributed by atoms with E-state index in [1.54, 1.807) is 30.3 Å². The number of nitrogens with zero attached hydrogens (tertiary/aromatic N) is 3. The second kappa shape index (κ2) is 4.84. The Morgan fingerprint density at radius 2 is 1.82 bits per heavy atom. The van der Waals surface area contributed by atoms with Crippen molar-refractivity contribution < 1.29 is 17.1 Å². The summed E-state index contributed by atoms with van der Waals surface area (Å²) in [4.78, 5) is 25.5. The number of anilines is 1. The molecule has 0 spiro atoms. The first-order chi connectivity index (χ1) is 10.4. The van der Waals surface area contributed by atoms with Crippen LogP contribution in [0.25, 0.3) is 11.2 Å². The number of H-pyrrole nitrogens is 1. The number of nitrogen functional groups attached to an aromatic ring is 1. The van der Waals surface area contributed by atoms with Crippen molar-refractivity contribution in [2.24, 2.45) is 0 Å². The molecule has 1 aromatic carbocycles. The van der Waals surface area contributed by atoms with Gasteiger partial charge in [0.1, 0.15) is 5.52 Å². The molecule has 2 heterocycles. The van der Waals surface area contributed by atoms with Crippen LogP contribution in [-0.4, -0.2) is 34.1 Å². The third-order valence-corrected chi connectivity index (χ3v) is 3.48. The number of ketones is 1. The van der Waals surface area contributed by atoms with E-state index >= 15 is 0 Å². The van der Waals surface area contributed by atoms with Crippen molar-refractivity contribution in [3.8, 4) is 0 Å². The van der Waals surface area contributed by atoms with Crippen LogP contribution in [-0.2, 0) is 10.2 Å².